The van der Waals surface area contributed by atoms with Crippen molar-refractivity contribution >= 4 is 17.8 Å². The van der Waals surface area contributed by atoms with Crippen LogP contribution in [-0.4, -0.2) is 63.4 Å². The van der Waals surface area contributed by atoms with Gasteiger partial charge in [-0.2, -0.15) is 0 Å². The Labute approximate surface area is 187 Å². The summed E-state index contributed by atoms with van der Waals surface area (Å²) in [4.78, 5) is 46.1. The quantitative estimate of drug-likeness (QED) is 0.697. The van der Waals surface area contributed by atoms with Crippen molar-refractivity contribution in [3.05, 3.63) is 48.0 Å². The lowest BCUT2D eigenvalue weighted by atomic mass is 9.81. The molecule has 170 valence electrons. The molecular weight excluding hydrogens is 410 g/mol. The molecule has 1 aliphatic heterocycles. The number of urea groups is 1. The van der Waals surface area contributed by atoms with Gasteiger partial charge in [-0.05, 0) is 30.5 Å². The van der Waals surface area contributed by atoms with Crippen molar-refractivity contribution < 1.29 is 19.1 Å². The van der Waals surface area contributed by atoms with Gasteiger partial charge in [0.25, 0.3) is 5.91 Å². The van der Waals surface area contributed by atoms with Gasteiger partial charge in [-0.1, -0.05) is 31.4 Å². The van der Waals surface area contributed by atoms with Crippen molar-refractivity contribution in [2.24, 2.45) is 7.05 Å². The number of hydrogen-bond acceptors (Lipinski definition) is 5. The van der Waals surface area contributed by atoms with Crippen LogP contribution in [0.3, 0.4) is 0 Å². The van der Waals surface area contributed by atoms with Crippen LogP contribution in [0.15, 0.2) is 36.7 Å². The van der Waals surface area contributed by atoms with Gasteiger partial charge in [-0.3, -0.25) is 14.5 Å². The fourth-order valence-corrected chi connectivity index (χ4v) is 4.77. The second-order valence-electron chi connectivity index (χ2n) is 8.50. The van der Waals surface area contributed by atoms with E-state index in [0.29, 0.717) is 24.4 Å². The normalized spacial score (nSPS) is 18.8. The van der Waals surface area contributed by atoms with Gasteiger partial charge in [-0.25, -0.2) is 9.78 Å². The Hall–Kier alpha value is -3.36. The van der Waals surface area contributed by atoms with Crippen LogP contribution in [0.1, 0.15) is 49.5 Å². The van der Waals surface area contributed by atoms with Gasteiger partial charge in [0.2, 0.25) is 5.91 Å². The van der Waals surface area contributed by atoms with Crippen molar-refractivity contribution in [2.45, 2.75) is 43.7 Å². The molecule has 0 bridgehead atoms. The first kappa shape index (κ1) is 21.9. The number of nitrogens with zero attached hydrogens (tertiary/aromatic N) is 4. The number of amides is 4. The number of ether oxygens (including phenoxy) is 1. The van der Waals surface area contributed by atoms with Crippen LogP contribution in [0, 0.1) is 0 Å². The number of rotatable bonds is 6. The zero-order chi connectivity index (χ0) is 22.9. The molecule has 2 fully saturated rings. The van der Waals surface area contributed by atoms with Gasteiger partial charge in [0.05, 0.1) is 7.11 Å². The van der Waals surface area contributed by atoms with E-state index in [1.165, 1.54) is 4.90 Å². The molecule has 1 atom stereocenters. The third-order valence-corrected chi connectivity index (χ3v) is 6.66. The highest BCUT2D eigenvalue weighted by Crippen LogP contribution is 2.39. The fourth-order valence-electron chi connectivity index (χ4n) is 4.77. The van der Waals surface area contributed by atoms with Gasteiger partial charge in [0.1, 0.15) is 29.7 Å². The van der Waals surface area contributed by atoms with E-state index in [-0.39, 0.29) is 12.5 Å². The molecule has 32 heavy (non-hydrogen) atoms. The van der Waals surface area contributed by atoms with Crippen LogP contribution in [0.4, 0.5) is 4.79 Å². The van der Waals surface area contributed by atoms with E-state index in [1.807, 2.05) is 35.9 Å². The molecule has 1 saturated carbocycles. The number of aryl methyl sites for hydroxylation is 1. The number of methoxy groups -OCH3 is 1. The number of nitrogens with one attached hydrogen (secondary N) is 1. The van der Waals surface area contributed by atoms with Crippen molar-refractivity contribution in [1.29, 1.82) is 0 Å². The number of imide groups is 1. The lowest BCUT2D eigenvalue weighted by Gasteiger charge is -2.35. The molecule has 1 aromatic carbocycles. The van der Waals surface area contributed by atoms with Gasteiger partial charge in [-0.15, -0.1) is 0 Å². The van der Waals surface area contributed by atoms with Gasteiger partial charge < -0.3 is 19.5 Å². The molecule has 1 spiro atoms. The fraction of sp³-hybridized carbons (Fsp3) is 0.478. The molecule has 9 nitrogen and oxygen atoms in total. The van der Waals surface area contributed by atoms with Crippen LogP contribution < -0.4 is 10.1 Å². The molecule has 9 heteroatoms. The molecule has 1 aliphatic carbocycles. The van der Waals surface area contributed by atoms with E-state index in [4.69, 9.17) is 4.74 Å². The topological polar surface area (TPSA) is 96.8 Å². The zero-order valence-electron chi connectivity index (χ0n) is 18.7. The van der Waals surface area contributed by atoms with Crippen LogP contribution in [0.5, 0.6) is 5.75 Å². The summed E-state index contributed by atoms with van der Waals surface area (Å²) in [7, 11) is 5.10. The molecule has 2 aromatic rings. The predicted octanol–water partition coefficient (Wildman–Crippen LogP) is 2.23. The molecule has 1 N–H and O–H groups in total. The average molecular weight is 440 g/mol. The third-order valence-electron chi connectivity index (χ3n) is 6.66. The highest BCUT2D eigenvalue weighted by Gasteiger charge is 2.55. The Morgan fingerprint density at radius 3 is 2.44 bits per heavy atom. The molecule has 4 amide bonds. The monoisotopic (exact) mass is 439 g/mol. The van der Waals surface area contributed by atoms with E-state index in [2.05, 4.69) is 10.3 Å². The predicted molar refractivity (Wildman–Crippen MR) is 117 cm³/mol. The molecule has 0 radical (unpaired) electrons. The minimum atomic E-state index is -0.801. The highest BCUT2D eigenvalue weighted by molar-refractivity contribution is 6.09. The summed E-state index contributed by atoms with van der Waals surface area (Å²) >= 11 is 0. The number of benzene rings is 1. The molecule has 2 heterocycles. The maximum Gasteiger partial charge on any atom is 0.327 e. The lowest BCUT2D eigenvalue weighted by molar-refractivity contribution is -0.137. The largest absolute Gasteiger partial charge is 0.497 e. The Balaban J connectivity index is 1.54. The van der Waals surface area contributed by atoms with Crippen molar-refractivity contribution in [2.75, 3.05) is 20.7 Å². The number of likely N-dealkylation sites (N-methyl/N-ethyl adjacent to an activating group) is 1. The maximum absolute atomic E-state index is 13.2. The van der Waals surface area contributed by atoms with Crippen molar-refractivity contribution in [1.82, 2.24) is 24.7 Å². The minimum absolute atomic E-state index is 0.266. The van der Waals surface area contributed by atoms with E-state index >= 15 is 0 Å². The smallest absolute Gasteiger partial charge is 0.327 e. The summed E-state index contributed by atoms with van der Waals surface area (Å²) in [6.45, 7) is -0.319. The summed E-state index contributed by atoms with van der Waals surface area (Å²) in [6, 6.07) is 6.39. The Bertz CT molecular complexity index is 1010. The molecule has 1 saturated heterocycles. The van der Waals surface area contributed by atoms with Crippen LogP contribution >= 0.6 is 0 Å². The van der Waals surface area contributed by atoms with Crippen LogP contribution in [0.2, 0.25) is 0 Å². The second-order valence-corrected chi connectivity index (χ2v) is 8.50. The number of carbonyl (C=O) groups excluding carboxylic acids is 3. The molecule has 1 aromatic heterocycles. The SMILES string of the molecule is COc1ccc([C@H](NC(=O)CN2C(=O)N(C)C3(CCCCC3)C2=O)c2nccn2C)cc1. The first-order valence-electron chi connectivity index (χ1n) is 10.9. The Morgan fingerprint density at radius 1 is 1.16 bits per heavy atom. The highest BCUT2D eigenvalue weighted by atomic mass is 16.5. The number of imidazole rings is 1. The zero-order valence-corrected chi connectivity index (χ0v) is 18.7. The van der Waals surface area contributed by atoms with Gasteiger partial charge in [0.15, 0.2) is 0 Å². The number of hydrogen-bond donors (Lipinski definition) is 1. The summed E-state index contributed by atoms with van der Waals surface area (Å²) in [6.07, 6.45) is 7.62. The molecule has 0 unspecified atom stereocenters. The van der Waals surface area contributed by atoms with Gasteiger partial charge in [0, 0.05) is 26.5 Å². The standard InChI is InChI=1S/C23H29N5O4/c1-26-14-13-24-20(26)19(16-7-9-17(32-3)10-8-16)25-18(29)15-28-21(30)23(27(2)22(28)31)11-5-4-6-12-23/h7-10,13-14,19H,4-6,11-12,15H2,1-3H3,(H,25,29)/t19-/m0/s1. The molecular formula is C23H29N5O4. The van der Waals surface area contributed by atoms with E-state index in [0.717, 1.165) is 29.7 Å². The van der Waals surface area contributed by atoms with E-state index < -0.39 is 23.5 Å². The lowest BCUT2D eigenvalue weighted by Crippen LogP contribution is -2.49. The summed E-state index contributed by atoms with van der Waals surface area (Å²) in [5.41, 5.74) is 0.0124. The first-order valence-corrected chi connectivity index (χ1v) is 10.9. The average Bonchev–Trinajstić information content (AvgIpc) is 3.31. The Morgan fingerprint density at radius 2 is 1.84 bits per heavy atom. The van der Waals surface area contributed by atoms with E-state index in [9.17, 15) is 14.4 Å². The number of aromatic nitrogens is 2. The van der Waals surface area contributed by atoms with Crippen LogP contribution in [-0.2, 0) is 16.6 Å². The first-order chi connectivity index (χ1) is 15.4. The number of carbonyl (C=O) groups is 3. The molecule has 4 rings (SSSR count). The summed E-state index contributed by atoms with van der Waals surface area (Å²) in [5, 5.41) is 2.96. The van der Waals surface area contributed by atoms with E-state index in [1.54, 1.807) is 26.6 Å². The maximum atomic E-state index is 13.2. The van der Waals surface area contributed by atoms with Crippen molar-refractivity contribution in [3.63, 3.8) is 0 Å². The van der Waals surface area contributed by atoms with Crippen LogP contribution in [0.25, 0.3) is 0 Å². The molecule has 2 aliphatic rings. The summed E-state index contributed by atoms with van der Waals surface area (Å²) in [5.74, 6) is 0.658. The van der Waals surface area contributed by atoms with Crippen molar-refractivity contribution in [3.8, 4) is 5.75 Å². The summed E-state index contributed by atoms with van der Waals surface area (Å²) < 4.78 is 7.05. The Kier molecular flexibility index (Phi) is 5.90. The minimum Gasteiger partial charge on any atom is -0.497 e. The van der Waals surface area contributed by atoms with Gasteiger partial charge >= 0.3 is 6.03 Å². The third kappa shape index (κ3) is 3.72. The second kappa shape index (κ2) is 8.64.